The maximum Gasteiger partial charge on any atom is 0.228 e. The summed E-state index contributed by atoms with van der Waals surface area (Å²) >= 11 is 0. The van der Waals surface area contributed by atoms with E-state index in [0.29, 0.717) is 6.54 Å². The standard InChI is InChI=1S/C8H14N2O2S/c1-8(2)4-3-6-10(8)13(11,12)7-5-9/h3-4,6-7H2,1-2H3. The van der Waals surface area contributed by atoms with Gasteiger partial charge in [0.25, 0.3) is 0 Å². The zero-order valence-corrected chi connectivity index (χ0v) is 8.76. The molecule has 0 amide bonds. The second kappa shape index (κ2) is 3.28. The van der Waals surface area contributed by atoms with E-state index in [1.165, 1.54) is 4.31 Å². The molecule has 1 aliphatic heterocycles. The van der Waals surface area contributed by atoms with Crippen molar-refractivity contribution in [2.45, 2.75) is 32.2 Å². The van der Waals surface area contributed by atoms with Crippen molar-refractivity contribution in [3.05, 3.63) is 0 Å². The van der Waals surface area contributed by atoms with Gasteiger partial charge in [0.1, 0.15) is 0 Å². The molecule has 0 radical (unpaired) electrons. The van der Waals surface area contributed by atoms with Crippen LogP contribution in [0, 0.1) is 11.3 Å². The Bertz CT molecular complexity index is 327. The lowest BCUT2D eigenvalue weighted by Crippen LogP contribution is -2.43. The van der Waals surface area contributed by atoms with Crippen LogP contribution >= 0.6 is 0 Å². The average molecular weight is 202 g/mol. The van der Waals surface area contributed by atoms with Crippen LogP contribution in [0.1, 0.15) is 26.7 Å². The summed E-state index contributed by atoms with van der Waals surface area (Å²) in [5, 5.41) is 8.38. The maximum atomic E-state index is 11.6. The van der Waals surface area contributed by atoms with E-state index in [0.717, 1.165) is 12.8 Å². The summed E-state index contributed by atoms with van der Waals surface area (Å²) in [5.74, 6) is -0.406. The molecule has 0 aromatic carbocycles. The van der Waals surface area contributed by atoms with Crippen LogP contribution in [0.25, 0.3) is 0 Å². The van der Waals surface area contributed by atoms with Crippen molar-refractivity contribution in [2.75, 3.05) is 12.3 Å². The Morgan fingerprint density at radius 3 is 2.54 bits per heavy atom. The molecule has 0 atom stereocenters. The fourth-order valence-corrected chi connectivity index (χ4v) is 3.33. The van der Waals surface area contributed by atoms with Crippen molar-refractivity contribution in [1.29, 1.82) is 5.26 Å². The molecule has 0 aromatic heterocycles. The Labute approximate surface area is 79.2 Å². The van der Waals surface area contributed by atoms with Gasteiger partial charge < -0.3 is 0 Å². The molecule has 5 heteroatoms. The zero-order chi connectivity index (χ0) is 10.1. The van der Waals surface area contributed by atoms with Crippen molar-refractivity contribution in [2.24, 2.45) is 0 Å². The minimum atomic E-state index is -3.35. The molecular weight excluding hydrogens is 188 g/mol. The highest BCUT2D eigenvalue weighted by atomic mass is 32.2. The largest absolute Gasteiger partial charge is 0.228 e. The minimum absolute atomic E-state index is 0.310. The Hall–Kier alpha value is -0.600. The number of hydrogen-bond donors (Lipinski definition) is 0. The van der Waals surface area contributed by atoms with E-state index >= 15 is 0 Å². The second-order valence-electron chi connectivity index (χ2n) is 3.90. The molecule has 0 spiro atoms. The molecule has 0 bridgehead atoms. The van der Waals surface area contributed by atoms with E-state index in [2.05, 4.69) is 0 Å². The first kappa shape index (κ1) is 10.5. The Balaban J connectivity index is 2.90. The first-order chi connectivity index (χ1) is 5.90. The molecule has 74 valence electrons. The maximum absolute atomic E-state index is 11.6. The van der Waals surface area contributed by atoms with Crippen LogP contribution in [-0.2, 0) is 10.0 Å². The van der Waals surface area contributed by atoms with Gasteiger partial charge in [0, 0.05) is 12.1 Å². The summed E-state index contributed by atoms with van der Waals surface area (Å²) in [4.78, 5) is 0. The van der Waals surface area contributed by atoms with Gasteiger partial charge >= 0.3 is 0 Å². The van der Waals surface area contributed by atoms with E-state index in [4.69, 9.17) is 5.26 Å². The molecule has 1 fully saturated rings. The highest BCUT2D eigenvalue weighted by Gasteiger charge is 2.39. The lowest BCUT2D eigenvalue weighted by Gasteiger charge is -2.29. The van der Waals surface area contributed by atoms with Gasteiger partial charge in [-0.1, -0.05) is 0 Å². The normalized spacial score (nSPS) is 22.8. The highest BCUT2D eigenvalue weighted by molar-refractivity contribution is 7.89. The summed E-state index contributed by atoms with van der Waals surface area (Å²) < 4.78 is 24.6. The monoisotopic (exact) mass is 202 g/mol. The molecule has 1 heterocycles. The van der Waals surface area contributed by atoms with Gasteiger partial charge in [-0.05, 0) is 26.7 Å². The van der Waals surface area contributed by atoms with E-state index < -0.39 is 15.8 Å². The molecule has 1 rings (SSSR count). The molecule has 0 aromatic rings. The van der Waals surface area contributed by atoms with Crippen molar-refractivity contribution in [3.63, 3.8) is 0 Å². The predicted octanol–water partition coefficient (Wildman–Crippen LogP) is 0.714. The van der Waals surface area contributed by atoms with Crippen LogP contribution in [-0.4, -0.2) is 30.6 Å². The van der Waals surface area contributed by atoms with Crippen molar-refractivity contribution in [3.8, 4) is 6.07 Å². The third-order valence-electron chi connectivity index (χ3n) is 2.41. The predicted molar refractivity (Wildman–Crippen MR) is 49.4 cm³/mol. The van der Waals surface area contributed by atoms with Crippen LogP contribution in [0.15, 0.2) is 0 Å². The SMILES string of the molecule is CC1(C)CCCN1S(=O)(=O)CC#N. The fourth-order valence-electron chi connectivity index (χ4n) is 1.76. The molecule has 4 nitrogen and oxygen atoms in total. The van der Waals surface area contributed by atoms with Gasteiger partial charge in [0.15, 0.2) is 5.75 Å². The summed E-state index contributed by atoms with van der Waals surface area (Å²) in [6.07, 6.45) is 1.76. The van der Waals surface area contributed by atoms with E-state index in [9.17, 15) is 8.42 Å². The first-order valence-electron chi connectivity index (χ1n) is 4.28. The van der Waals surface area contributed by atoms with E-state index in [1.54, 1.807) is 6.07 Å². The Morgan fingerprint density at radius 2 is 2.15 bits per heavy atom. The molecule has 1 saturated heterocycles. The molecule has 1 aliphatic rings. The van der Waals surface area contributed by atoms with E-state index in [-0.39, 0.29) is 5.54 Å². The Kier molecular flexibility index (Phi) is 2.64. The summed E-state index contributed by atoms with van der Waals surface area (Å²) in [6, 6.07) is 1.69. The molecule has 0 saturated carbocycles. The molecule has 0 aliphatic carbocycles. The first-order valence-corrected chi connectivity index (χ1v) is 5.88. The highest BCUT2D eigenvalue weighted by Crippen LogP contribution is 2.30. The Morgan fingerprint density at radius 1 is 1.54 bits per heavy atom. The van der Waals surface area contributed by atoms with E-state index in [1.807, 2.05) is 13.8 Å². The molecule has 0 N–H and O–H groups in total. The lowest BCUT2D eigenvalue weighted by atomic mass is 10.0. The molecular formula is C8H14N2O2S. The number of hydrogen-bond acceptors (Lipinski definition) is 3. The summed E-state index contributed by atoms with van der Waals surface area (Å²) in [6.45, 7) is 4.35. The van der Waals surface area contributed by atoms with Crippen molar-refractivity contribution >= 4 is 10.0 Å². The van der Waals surface area contributed by atoms with Crippen LogP contribution < -0.4 is 0 Å². The quantitative estimate of drug-likeness (QED) is 0.662. The average Bonchev–Trinajstić information content (AvgIpc) is 2.29. The lowest BCUT2D eigenvalue weighted by molar-refractivity contribution is 0.293. The molecule has 0 unspecified atom stereocenters. The van der Waals surface area contributed by atoms with Crippen LogP contribution in [0.4, 0.5) is 0 Å². The minimum Gasteiger partial charge on any atom is -0.211 e. The fraction of sp³-hybridized carbons (Fsp3) is 0.875. The van der Waals surface area contributed by atoms with Gasteiger partial charge in [0.05, 0.1) is 6.07 Å². The number of sulfonamides is 1. The number of nitriles is 1. The smallest absolute Gasteiger partial charge is 0.211 e. The van der Waals surface area contributed by atoms with Gasteiger partial charge in [-0.15, -0.1) is 0 Å². The second-order valence-corrected chi connectivity index (χ2v) is 5.80. The van der Waals surface area contributed by atoms with Crippen LogP contribution in [0.5, 0.6) is 0 Å². The van der Waals surface area contributed by atoms with Gasteiger partial charge in [-0.3, -0.25) is 0 Å². The molecule has 13 heavy (non-hydrogen) atoms. The van der Waals surface area contributed by atoms with Crippen molar-refractivity contribution in [1.82, 2.24) is 4.31 Å². The third kappa shape index (κ3) is 2.01. The number of rotatable bonds is 2. The van der Waals surface area contributed by atoms with Gasteiger partial charge in [0.2, 0.25) is 10.0 Å². The summed E-state index contributed by atoms with van der Waals surface area (Å²) in [7, 11) is -3.35. The van der Waals surface area contributed by atoms with Crippen molar-refractivity contribution < 1.29 is 8.42 Å². The van der Waals surface area contributed by atoms with Crippen LogP contribution in [0.3, 0.4) is 0 Å². The zero-order valence-electron chi connectivity index (χ0n) is 7.95. The van der Waals surface area contributed by atoms with Gasteiger partial charge in [-0.25, -0.2) is 8.42 Å². The summed E-state index contributed by atoms with van der Waals surface area (Å²) in [5.41, 5.74) is -0.310. The topological polar surface area (TPSA) is 61.2 Å². The van der Waals surface area contributed by atoms with Crippen LogP contribution in [0.2, 0.25) is 0 Å². The number of nitrogens with zero attached hydrogens (tertiary/aromatic N) is 2. The van der Waals surface area contributed by atoms with Gasteiger partial charge in [-0.2, -0.15) is 9.57 Å². The third-order valence-corrected chi connectivity index (χ3v) is 4.25.